The van der Waals surface area contributed by atoms with Gasteiger partial charge in [-0.15, -0.1) is 0 Å². The van der Waals surface area contributed by atoms with Gasteiger partial charge < -0.3 is 78.1 Å². The second-order valence-electron chi connectivity index (χ2n) is 20.4. The Bertz CT molecular complexity index is 2420. The van der Waals surface area contributed by atoms with Crippen LogP contribution in [0.25, 0.3) is 0 Å². The summed E-state index contributed by atoms with van der Waals surface area (Å²) in [5.74, 6) is 8.91. The molecule has 8 rings (SSSR count). The van der Waals surface area contributed by atoms with Crippen LogP contribution in [0.5, 0.6) is 69.0 Å². The zero-order valence-corrected chi connectivity index (χ0v) is 47.4. The summed E-state index contributed by atoms with van der Waals surface area (Å²) < 4.78 is 71.7. The van der Waals surface area contributed by atoms with Crippen molar-refractivity contribution in [3.05, 3.63) is 68.8 Å². The number of rotatable bonds is 27. The molecule has 6 unspecified atom stereocenters. The van der Waals surface area contributed by atoms with Gasteiger partial charge in [-0.2, -0.15) is 0 Å². The normalized spacial score (nSPS) is 19.4. The second kappa shape index (κ2) is 26.6. The Balaban J connectivity index is 1.08. The minimum Gasteiger partial charge on any atom is -0.493 e. The molecule has 4 aliphatic heterocycles. The second-order valence-corrected chi connectivity index (χ2v) is 20.4. The summed E-state index contributed by atoms with van der Waals surface area (Å²) in [6.07, 6.45) is 13.6. The fourth-order valence-corrected chi connectivity index (χ4v) is 13.3. The van der Waals surface area contributed by atoms with Crippen molar-refractivity contribution in [2.45, 2.75) is 114 Å². The lowest BCUT2D eigenvalue weighted by atomic mass is 9.77. The molecule has 0 amide bonds. The molecule has 0 saturated heterocycles. The highest BCUT2D eigenvalue weighted by atomic mass is 16.6. The van der Waals surface area contributed by atoms with Gasteiger partial charge in [-0.1, -0.05) is 25.7 Å². The van der Waals surface area contributed by atoms with Gasteiger partial charge in [0.15, 0.2) is 46.0 Å². The van der Waals surface area contributed by atoms with Gasteiger partial charge in [0.05, 0.1) is 85.3 Å². The lowest BCUT2D eigenvalue weighted by Crippen LogP contribution is -2.36. The van der Waals surface area contributed by atoms with E-state index in [1.54, 1.807) is 85.3 Å². The quantitative estimate of drug-likeness (QED) is 0.0418. The van der Waals surface area contributed by atoms with Crippen LogP contribution in [-0.2, 0) is 25.7 Å². The maximum Gasteiger partial charge on any atom is 0.203 e. The highest BCUT2D eigenvalue weighted by molar-refractivity contribution is 5.64. The largest absolute Gasteiger partial charge is 0.493 e. The van der Waals surface area contributed by atoms with E-state index in [9.17, 15) is 0 Å². The molecule has 0 spiro atoms. The number of hydrogen-bond donors (Lipinski definition) is 4. The van der Waals surface area contributed by atoms with Crippen LogP contribution >= 0.6 is 0 Å². The van der Waals surface area contributed by atoms with E-state index >= 15 is 0 Å². The van der Waals surface area contributed by atoms with Crippen molar-refractivity contribution in [2.75, 3.05) is 111 Å². The lowest BCUT2D eigenvalue weighted by molar-refractivity contribution is 0.254. The maximum absolute atomic E-state index is 6.25. The van der Waals surface area contributed by atoms with Crippen molar-refractivity contribution < 1.29 is 56.8 Å². The van der Waals surface area contributed by atoms with Gasteiger partial charge in [0.25, 0.3) is 0 Å². The molecule has 4 heterocycles. The Hall–Kier alpha value is -5.68. The number of methoxy groups -OCH3 is 12. The Kier molecular flexibility index (Phi) is 19.8. The molecule has 76 heavy (non-hydrogen) atoms. The molecule has 0 aliphatic carbocycles. The summed E-state index contributed by atoms with van der Waals surface area (Å²) in [5, 5.41) is 15.7. The minimum atomic E-state index is 0.0554. The van der Waals surface area contributed by atoms with Crippen LogP contribution in [0.2, 0.25) is 0 Å². The van der Waals surface area contributed by atoms with Crippen LogP contribution < -0.4 is 78.1 Å². The van der Waals surface area contributed by atoms with Crippen LogP contribution in [0.3, 0.4) is 0 Å². The molecule has 0 fully saturated rings. The summed E-state index contributed by atoms with van der Waals surface area (Å²) >= 11 is 0. The first-order chi connectivity index (χ1) is 37.2. The molecule has 6 atom stereocenters. The highest BCUT2D eigenvalue weighted by Crippen LogP contribution is 2.53. The van der Waals surface area contributed by atoms with E-state index in [1.807, 2.05) is 0 Å². The predicted octanol–water partition coefficient (Wildman–Crippen LogP) is 9.77. The summed E-state index contributed by atoms with van der Waals surface area (Å²) in [4.78, 5) is 0. The van der Waals surface area contributed by atoms with Crippen molar-refractivity contribution in [1.29, 1.82) is 0 Å². The first kappa shape index (κ1) is 56.5. The van der Waals surface area contributed by atoms with E-state index < -0.39 is 0 Å². The zero-order valence-electron chi connectivity index (χ0n) is 47.4. The third-order valence-corrected chi connectivity index (χ3v) is 16.7. The molecule has 0 radical (unpaired) electrons. The van der Waals surface area contributed by atoms with E-state index in [1.165, 1.54) is 44.5 Å². The molecule has 0 bridgehead atoms. The first-order valence-corrected chi connectivity index (χ1v) is 27.4. The Morgan fingerprint density at radius 3 is 0.882 bits per heavy atom. The van der Waals surface area contributed by atoms with Crippen LogP contribution in [0.1, 0.15) is 133 Å². The third-order valence-electron chi connectivity index (χ3n) is 16.7. The average molecular weight is 1060 g/mol. The molecule has 0 saturated carbocycles. The van der Waals surface area contributed by atoms with Crippen LogP contribution in [0.4, 0.5) is 0 Å². The maximum atomic E-state index is 6.25. The van der Waals surface area contributed by atoms with Gasteiger partial charge in [0, 0.05) is 46.4 Å². The summed E-state index contributed by atoms with van der Waals surface area (Å²) in [6.45, 7) is 3.49. The van der Waals surface area contributed by atoms with Gasteiger partial charge in [0.2, 0.25) is 23.0 Å². The van der Waals surface area contributed by atoms with Crippen LogP contribution in [0.15, 0.2) is 24.3 Å². The molecular weight excluding hydrogens is 969 g/mol. The number of nitrogens with one attached hydrogen (secondary N) is 4. The molecule has 16 heteroatoms. The number of fused-ring (bicyclic) bond motifs is 4. The number of benzene rings is 4. The van der Waals surface area contributed by atoms with E-state index in [0.29, 0.717) is 57.8 Å². The molecule has 0 aromatic heterocycles. The lowest BCUT2D eigenvalue weighted by Gasteiger charge is -2.37. The highest BCUT2D eigenvalue weighted by Gasteiger charge is 2.38. The smallest absolute Gasteiger partial charge is 0.203 e. The van der Waals surface area contributed by atoms with E-state index in [0.717, 1.165) is 139 Å². The Morgan fingerprint density at radius 1 is 0.329 bits per heavy atom. The fourth-order valence-electron chi connectivity index (χ4n) is 13.3. The first-order valence-electron chi connectivity index (χ1n) is 27.4. The Labute approximate surface area is 451 Å². The van der Waals surface area contributed by atoms with Crippen molar-refractivity contribution >= 4 is 0 Å². The van der Waals surface area contributed by atoms with E-state index in [2.05, 4.69) is 45.5 Å². The van der Waals surface area contributed by atoms with Crippen molar-refractivity contribution in [2.24, 2.45) is 11.8 Å². The summed E-state index contributed by atoms with van der Waals surface area (Å²) in [5.41, 5.74) is 9.66. The molecule has 16 nitrogen and oxygen atoms in total. The van der Waals surface area contributed by atoms with Crippen molar-refractivity contribution in [3.8, 4) is 69.0 Å². The molecule has 4 aliphatic rings. The minimum absolute atomic E-state index is 0.0554. The number of hydrogen-bond acceptors (Lipinski definition) is 16. The summed E-state index contributed by atoms with van der Waals surface area (Å²) in [7, 11) is 20.4. The monoisotopic (exact) mass is 1050 g/mol. The van der Waals surface area contributed by atoms with Gasteiger partial charge in [-0.05, 0) is 149 Å². The zero-order chi connectivity index (χ0) is 53.9. The Morgan fingerprint density at radius 2 is 0.592 bits per heavy atom. The topological polar surface area (TPSA) is 159 Å². The fraction of sp³-hybridized carbons (Fsp3) is 0.600. The van der Waals surface area contributed by atoms with Gasteiger partial charge in [0.1, 0.15) is 0 Å². The van der Waals surface area contributed by atoms with E-state index in [4.69, 9.17) is 56.8 Å². The van der Waals surface area contributed by atoms with Gasteiger partial charge in [-0.3, -0.25) is 0 Å². The molecule has 4 aromatic rings. The van der Waals surface area contributed by atoms with Crippen LogP contribution in [0, 0.1) is 11.8 Å². The van der Waals surface area contributed by atoms with Crippen molar-refractivity contribution in [1.82, 2.24) is 21.3 Å². The average Bonchev–Trinajstić information content (AvgIpc) is 3.49. The number of unbranched alkanes of at least 4 members (excludes halogenated alkanes) is 1. The molecule has 4 aromatic carbocycles. The van der Waals surface area contributed by atoms with E-state index in [-0.39, 0.29) is 24.2 Å². The van der Waals surface area contributed by atoms with Gasteiger partial charge in [-0.25, -0.2) is 0 Å². The summed E-state index contributed by atoms with van der Waals surface area (Å²) in [6, 6.07) is 8.88. The SMILES string of the molecule is COc1cc2c(c(OC)c1OC)C(CCCC(CCCCC(CCCC1NCCc3cc(OC)c(OC)c(OC)c31)C1NCCc3cc(OC)c(OC)c(OC)c31)C1NCCc3cc(OC)c(OC)c(OC)c31)NCC2. The van der Waals surface area contributed by atoms with Crippen molar-refractivity contribution in [3.63, 3.8) is 0 Å². The standard InChI is InChI=1S/C60H86N4O12/c1-65-43-31-37-23-27-61-41(47(37)57(73-9)53(43)69-5)21-15-19-35(51-49-39(25-29-63-51)33-45(67-3)55(71-7)59(49)75-11)17-13-14-18-36(52-50-40(26-30-64-52)34-46(68-4)56(72-8)60(50)76-12)20-16-22-42-48-38(24-28-62-42)32-44(66-2)54(70-6)58(48)74-10/h31-36,41-42,51-52,61-64H,13-30H2,1-12H3. The molecule has 418 valence electrons. The third kappa shape index (κ3) is 11.3. The van der Waals surface area contributed by atoms with Crippen LogP contribution in [-0.4, -0.2) is 111 Å². The molecular formula is C60H86N4O12. The number of ether oxygens (including phenoxy) is 12. The molecule has 4 N–H and O–H groups in total. The van der Waals surface area contributed by atoms with Gasteiger partial charge >= 0.3 is 0 Å². The predicted molar refractivity (Wildman–Crippen MR) is 295 cm³/mol.